The summed E-state index contributed by atoms with van der Waals surface area (Å²) in [6, 6.07) is -0.831. The van der Waals surface area contributed by atoms with Crippen LogP contribution in [0, 0.1) is 10.4 Å². The van der Waals surface area contributed by atoms with Crippen molar-refractivity contribution in [3.63, 3.8) is 0 Å². The van der Waals surface area contributed by atoms with Crippen molar-refractivity contribution in [2.75, 3.05) is 0 Å². The highest BCUT2D eigenvalue weighted by Crippen LogP contribution is 2.30. The molecule has 1 aliphatic heterocycles. The second kappa shape index (κ2) is 2.68. The summed E-state index contributed by atoms with van der Waals surface area (Å²) in [5, 5.41) is 22.5. The Labute approximate surface area is 69.2 Å². The van der Waals surface area contributed by atoms with Crippen molar-refractivity contribution in [2.45, 2.75) is 24.9 Å². The van der Waals surface area contributed by atoms with E-state index in [1.807, 2.05) is 0 Å². The van der Waals surface area contributed by atoms with Crippen LogP contribution in [0.2, 0.25) is 0 Å². The molecule has 68 valence electrons. The van der Waals surface area contributed by atoms with Crippen molar-refractivity contribution in [2.24, 2.45) is 5.73 Å². The van der Waals surface area contributed by atoms with E-state index in [1.54, 1.807) is 6.08 Å². The Morgan fingerprint density at radius 1 is 1.42 bits per heavy atom. The van der Waals surface area contributed by atoms with E-state index in [0.717, 1.165) is 0 Å². The Bertz CT molecular complexity index is 220. The Hall–Kier alpha value is -0.660. The summed E-state index contributed by atoms with van der Waals surface area (Å²) in [7, 11) is 0. The number of nitrogens with two attached hydrogens (primary N) is 1. The molecule has 1 saturated heterocycles. The molecule has 0 radical (unpaired) electrons. The van der Waals surface area contributed by atoms with E-state index in [9.17, 15) is 10.4 Å². The number of nitrogens with zero attached hydrogens (tertiary/aromatic N) is 2. The van der Waals surface area contributed by atoms with Crippen molar-refractivity contribution >= 4 is 0 Å². The number of hydrogen-bond acceptors (Lipinski definition) is 6. The van der Waals surface area contributed by atoms with Crippen molar-refractivity contribution in [1.82, 2.24) is 10.5 Å². The minimum absolute atomic E-state index is 0.331. The van der Waals surface area contributed by atoms with Gasteiger partial charge in [0, 0.05) is 24.2 Å². The van der Waals surface area contributed by atoms with Crippen LogP contribution in [0.15, 0.2) is 11.8 Å². The Kier molecular flexibility index (Phi) is 1.78. The second-order valence-electron chi connectivity index (χ2n) is 3.01. The van der Waals surface area contributed by atoms with Gasteiger partial charge in [-0.3, -0.25) is 0 Å². The van der Waals surface area contributed by atoms with Crippen LogP contribution in [-0.4, -0.2) is 22.5 Å². The third-order valence-corrected chi connectivity index (χ3v) is 2.21. The van der Waals surface area contributed by atoms with E-state index in [0.29, 0.717) is 29.0 Å². The SMILES string of the molecule is NC1=CCC2C(C1)N([O-])ON2[O-]. The molecule has 1 heterocycles. The van der Waals surface area contributed by atoms with Gasteiger partial charge in [-0.2, -0.15) is 0 Å². The zero-order valence-corrected chi connectivity index (χ0v) is 6.34. The van der Waals surface area contributed by atoms with Crippen LogP contribution in [0.1, 0.15) is 12.8 Å². The van der Waals surface area contributed by atoms with E-state index >= 15 is 0 Å². The average molecular weight is 171 g/mol. The summed E-state index contributed by atoms with van der Waals surface area (Å²) in [4.78, 5) is 4.32. The molecule has 12 heavy (non-hydrogen) atoms. The van der Waals surface area contributed by atoms with Crippen LogP contribution in [0.4, 0.5) is 0 Å². The first-order valence-electron chi connectivity index (χ1n) is 3.74. The van der Waals surface area contributed by atoms with E-state index in [1.165, 1.54) is 0 Å². The van der Waals surface area contributed by atoms with Crippen LogP contribution in [0.3, 0.4) is 0 Å². The van der Waals surface area contributed by atoms with Gasteiger partial charge in [0.15, 0.2) is 0 Å². The van der Waals surface area contributed by atoms with E-state index in [-0.39, 0.29) is 0 Å². The lowest BCUT2D eigenvalue weighted by Gasteiger charge is -2.31. The normalized spacial score (nSPS) is 38.0. The summed E-state index contributed by atoms with van der Waals surface area (Å²) in [5.41, 5.74) is 6.17. The molecule has 0 aromatic heterocycles. The molecular weight excluding hydrogens is 162 g/mol. The maximum absolute atomic E-state index is 10.9. The van der Waals surface area contributed by atoms with Gasteiger partial charge in [0.05, 0.1) is 0 Å². The fraction of sp³-hybridized carbons (Fsp3) is 0.667. The summed E-state index contributed by atoms with van der Waals surface area (Å²) in [6.45, 7) is 0. The van der Waals surface area contributed by atoms with Crippen LogP contribution in [-0.2, 0) is 4.94 Å². The number of fused-ring (bicyclic) bond motifs is 1. The van der Waals surface area contributed by atoms with Gasteiger partial charge in [0.1, 0.15) is 0 Å². The lowest BCUT2D eigenvalue weighted by molar-refractivity contribution is -0.234. The first-order chi connectivity index (χ1) is 5.68. The third kappa shape index (κ3) is 1.10. The zero-order chi connectivity index (χ0) is 8.72. The maximum atomic E-state index is 10.9. The monoisotopic (exact) mass is 171 g/mol. The van der Waals surface area contributed by atoms with Crippen LogP contribution in [0.5, 0.6) is 0 Å². The van der Waals surface area contributed by atoms with Crippen LogP contribution in [0.25, 0.3) is 0 Å². The largest absolute Gasteiger partial charge is 0.760 e. The van der Waals surface area contributed by atoms with Crippen LogP contribution < -0.4 is 5.73 Å². The van der Waals surface area contributed by atoms with E-state index < -0.39 is 12.1 Å². The molecule has 0 aromatic rings. The summed E-state index contributed by atoms with van der Waals surface area (Å²) in [6.07, 6.45) is 2.65. The quantitative estimate of drug-likeness (QED) is 0.544. The first kappa shape index (κ1) is 7.96. The Morgan fingerprint density at radius 2 is 2.08 bits per heavy atom. The highest BCUT2D eigenvalue weighted by Gasteiger charge is 2.34. The molecule has 1 aliphatic carbocycles. The molecule has 0 saturated carbocycles. The van der Waals surface area contributed by atoms with Gasteiger partial charge in [-0.05, 0) is 6.42 Å². The van der Waals surface area contributed by atoms with Crippen molar-refractivity contribution < 1.29 is 4.94 Å². The fourth-order valence-corrected chi connectivity index (χ4v) is 1.53. The lowest BCUT2D eigenvalue weighted by atomic mass is 9.95. The minimum Gasteiger partial charge on any atom is -0.760 e. The molecule has 6 nitrogen and oxygen atoms in total. The number of rotatable bonds is 0. The molecule has 2 N–H and O–H groups in total. The molecule has 0 aromatic carbocycles. The topological polar surface area (TPSA) is 87.8 Å². The molecule has 2 unspecified atom stereocenters. The predicted molar refractivity (Wildman–Crippen MR) is 40.6 cm³/mol. The first-order valence-corrected chi connectivity index (χ1v) is 3.74. The van der Waals surface area contributed by atoms with Gasteiger partial charge in [-0.25, -0.2) is 15.4 Å². The average Bonchev–Trinajstić information content (AvgIpc) is 2.28. The van der Waals surface area contributed by atoms with Crippen molar-refractivity contribution in [3.8, 4) is 0 Å². The van der Waals surface area contributed by atoms with Gasteiger partial charge in [0.2, 0.25) is 0 Å². The van der Waals surface area contributed by atoms with E-state index in [2.05, 4.69) is 4.94 Å². The highest BCUT2D eigenvalue weighted by molar-refractivity contribution is 5.10. The van der Waals surface area contributed by atoms with Gasteiger partial charge < -0.3 is 16.1 Å². The molecule has 2 rings (SSSR count). The predicted octanol–water partition coefficient (Wildman–Crippen LogP) is -0.180. The number of hydroxylamine groups is 4. The van der Waals surface area contributed by atoms with Crippen LogP contribution >= 0.6 is 0 Å². The van der Waals surface area contributed by atoms with Gasteiger partial charge in [-0.1, -0.05) is 6.08 Å². The summed E-state index contributed by atoms with van der Waals surface area (Å²) < 4.78 is 0. The van der Waals surface area contributed by atoms with E-state index in [4.69, 9.17) is 5.73 Å². The van der Waals surface area contributed by atoms with Crippen molar-refractivity contribution in [3.05, 3.63) is 22.2 Å². The fourth-order valence-electron chi connectivity index (χ4n) is 1.53. The maximum Gasteiger partial charge on any atom is 0.0463 e. The zero-order valence-electron chi connectivity index (χ0n) is 6.34. The Morgan fingerprint density at radius 3 is 2.83 bits per heavy atom. The summed E-state index contributed by atoms with van der Waals surface area (Å²) >= 11 is 0. The molecule has 2 atom stereocenters. The molecule has 0 spiro atoms. The molecule has 0 bridgehead atoms. The van der Waals surface area contributed by atoms with Gasteiger partial charge in [-0.15, -0.1) is 0 Å². The molecule has 1 fully saturated rings. The third-order valence-electron chi connectivity index (χ3n) is 2.21. The molecule has 2 aliphatic rings. The highest BCUT2D eigenvalue weighted by atomic mass is 17.1. The van der Waals surface area contributed by atoms with Gasteiger partial charge >= 0.3 is 0 Å². The molecule has 6 heteroatoms. The molecular formula is C6H9N3O3-2. The van der Waals surface area contributed by atoms with Crippen molar-refractivity contribution in [1.29, 1.82) is 0 Å². The number of hydrogen-bond donors (Lipinski definition) is 1. The molecule has 0 amide bonds. The lowest BCUT2D eigenvalue weighted by Crippen LogP contribution is -2.37. The Balaban J connectivity index is 2.16. The summed E-state index contributed by atoms with van der Waals surface area (Å²) in [5.74, 6) is 0. The standard InChI is InChI=1S/C6H9N3O3/c7-4-1-2-5-6(3-4)9(11)12-8(5)10/h1,5-6H,2-3,7H2/q-2. The minimum atomic E-state index is -0.438. The van der Waals surface area contributed by atoms with Gasteiger partial charge in [0.25, 0.3) is 0 Å². The smallest absolute Gasteiger partial charge is 0.0463 e. The second-order valence-corrected chi connectivity index (χ2v) is 3.01.